The average molecular weight is 370 g/mol. The molecule has 1 saturated heterocycles. The van der Waals surface area contributed by atoms with Gasteiger partial charge in [-0.25, -0.2) is 9.18 Å². The molecule has 0 spiro atoms. The van der Waals surface area contributed by atoms with E-state index in [1.807, 2.05) is 37.4 Å². The Kier molecular flexibility index (Phi) is 6.76. The van der Waals surface area contributed by atoms with Crippen LogP contribution < -0.4 is 5.32 Å². The van der Waals surface area contributed by atoms with Crippen molar-refractivity contribution in [1.29, 1.82) is 0 Å². The van der Waals surface area contributed by atoms with Crippen molar-refractivity contribution in [3.63, 3.8) is 0 Å². The Morgan fingerprint density at radius 2 is 2.11 bits per heavy atom. The summed E-state index contributed by atoms with van der Waals surface area (Å²) in [4.78, 5) is 20.8. The van der Waals surface area contributed by atoms with Crippen molar-refractivity contribution in [2.45, 2.75) is 31.8 Å². The molecule has 1 fully saturated rings. The Bertz CT molecular complexity index is 723. The van der Waals surface area contributed by atoms with Crippen LogP contribution in [-0.4, -0.2) is 53.5 Å². The monoisotopic (exact) mass is 370 g/mol. The number of pyridine rings is 1. The van der Waals surface area contributed by atoms with Gasteiger partial charge in [0.1, 0.15) is 5.82 Å². The van der Waals surface area contributed by atoms with Gasteiger partial charge in [-0.05, 0) is 49.2 Å². The third kappa shape index (κ3) is 6.03. The largest absolute Gasteiger partial charge is 0.334 e. The Hall–Kier alpha value is -2.47. The molecule has 1 aliphatic rings. The van der Waals surface area contributed by atoms with E-state index >= 15 is 0 Å². The first-order valence-corrected chi connectivity index (χ1v) is 9.48. The Balaban J connectivity index is 1.44. The number of nitrogens with one attached hydrogen (secondary N) is 1. The lowest BCUT2D eigenvalue weighted by molar-refractivity contribution is 0.168. The maximum Gasteiger partial charge on any atom is 0.317 e. The van der Waals surface area contributed by atoms with Crippen LogP contribution in [0, 0.1) is 5.82 Å². The fourth-order valence-electron chi connectivity index (χ4n) is 3.38. The fraction of sp³-hybridized carbons (Fsp3) is 0.429. The number of hydrogen-bond acceptors (Lipinski definition) is 3. The summed E-state index contributed by atoms with van der Waals surface area (Å²) >= 11 is 0. The number of likely N-dealkylation sites (tertiary alicyclic amines) is 1. The van der Waals surface area contributed by atoms with Crippen molar-refractivity contribution in [3.8, 4) is 0 Å². The van der Waals surface area contributed by atoms with E-state index in [0.29, 0.717) is 6.54 Å². The number of hydrogen-bond donors (Lipinski definition) is 1. The quantitative estimate of drug-likeness (QED) is 0.850. The summed E-state index contributed by atoms with van der Waals surface area (Å²) in [5.41, 5.74) is 2.08. The molecule has 1 aromatic heterocycles. The topological polar surface area (TPSA) is 48.5 Å². The number of likely N-dealkylation sites (N-methyl/N-ethyl adjacent to an activating group) is 1. The van der Waals surface area contributed by atoms with Gasteiger partial charge in [0.25, 0.3) is 0 Å². The molecule has 1 N–H and O–H groups in total. The van der Waals surface area contributed by atoms with Crippen molar-refractivity contribution >= 4 is 6.03 Å². The van der Waals surface area contributed by atoms with Crippen molar-refractivity contribution in [2.75, 3.05) is 26.7 Å². The second-order valence-electron chi connectivity index (χ2n) is 7.14. The summed E-state index contributed by atoms with van der Waals surface area (Å²) in [6, 6.07) is 12.6. The van der Waals surface area contributed by atoms with Gasteiger partial charge >= 0.3 is 6.03 Å². The summed E-state index contributed by atoms with van der Waals surface area (Å²) in [5.74, 6) is -0.212. The minimum Gasteiger partial charge on any atom is -0.334 e. The molecule has 3 rings (SSSR count). The first-order chi connectivity index (χ1) is 13.1. The highest BCUT2D eigenvalue weighted by Gasteiger charge is 2.22. The molecule has 2 amide bonds. The maximum atomic E-state index is 13.0. The molecule has 27 heavy (non-hydrogen) atoms. The number of amides is 2. The fourth-order valence-corrected chi connectivity index (χ4v) is 3.38. The van der Waals surface area contributed by atoms with Gasteiger partial charge in [-0.15, -0.1) is 0 Å². The minimum absolute atomic E-state index is 0.0421. The van der Waals surface area contributed by atoms with Crippen LogP contribution in [0.4, 0.5) is 9.18 Å². The van der Waals surface area contributed by atoms with Gasteiger partial charge in [-0.2, -0.15) is 0 Å². The van der Waals surface area contributed by atoms with Crippen LogP contribution in [0.15, 0.2) is 48.7 Å². The van der Waals surface area contributed by atoms with Crippen LogP contribution in [-0.2, 0) is 13.0 Å². The predicted octanol–water partition coefficient (Wildman–Crippen LogP) is 3.07. The number of urea groups is 1. The average Bonchev–Trinajstić information content (AvgIpc) is 2.69. The first kappa shape index (κ1) is 19.3. The van der Waals surface area contributed by atoms with E-state index < -0.39 is 0 Å². The molecule has 2 aromatic rings. The third-order valence-corrected chi connectivity index (χ3v) is 4.93. The highest BCUT2D eigenvalue weighted by Crippen LogP contribution is 2.14. The number of aromatic nitrogens is 1. The maximum absolute atomic E-state index is 13.0. The first-order valence-electron chi connectivity index (χ1n) is 9.48. The molecule has 5 nitrogen and oxygen atoms in total. The number of nitrogens with zero attached hydrogens (tertiary/aromatic N) is 3. The molecular formula is C21H27FN4O. The molecule has 0 saturated carbocycles. The Labute approximate surface area is 160 Å². The van der Waals surface area contributed by atoms with Crippen LogP contribution in [0.5, 0.6) is 0 Å². The van der Waals surface area contributed by atoms with E-state index in [4.69, 9.17) is 0 Å². The second-order valence-corrected chi connectivity index (χ2v) is 7.14. The number of carbonyl (C=O) groups is 1. The van der Waals surface area contributed by atoms with E-state index in [-0.39, 0.29) is 17.9 Å². The van der Waals surface area contributed by atoms with Crippen molar-refractivity contribution in [2.24, 2.45) is 0 Å². The van der Waals surface area contributed by atoms with E-state index in [0.717, 1.165) is 50.2 Å². The van der Waals surface area contributed by atoms with Crippen molar-refractivity contribution in [1.82, 2.24) is 20.1 Å². The lowest BCUT2D eigenvalue weighted by Gasteiger charge is -2.34. The van der Waals surface area contributed by atoms with Crippen LogP contribution in [0.3, 0.4) is 0 Å². The molecule has 1 atom stereocenters. The van der Waals surface area contributed by atoms with Gasteiger partial charge in [-0.3, -0.25) is 9.88 Å². The van der Waals surface area contributed by atoms with Crippen molar-refractivity contribution in [3.05, 3.63) is 65.7 Å². The molecular weight excluding hydrogens is 343 g/mol. The minimum atomic E-state index is -0.212. The Morgan fingerprint density at radius 3 is 2.85 bits per heavy atom. The van der Waals surface area contributed by atoms with Gasteiger partial charge in [0, 0.05) is 51.0 Å². The molecule has 6 heteroatoms. The molecule has 0 aliphatic carbocycles. The zero-order valence-corrected chi connectivity index (χ0v) is 15.8. The van der Waals surface area contributed by atoms with Crippen LogP contribution >= 0.6 is 0 Å². The summed E-state index contributed by atoms with van der Waals surface area (Å²) < 4.78 is 13.0. The zero-order chi connectivity index (χ0) is 19.1. The number of benzene rings is 1. The highest BCUT2D eigenvalue weighted by molar-refractivity contribution is 5.74. The number of halogens is 1. The lowest BCUT2D eigenvalue weighted by Crippen LogP contribution is -2.50. The van der Waals surface area contributed by atoms with Gasteiger partial charge in [-0.1, -0.05) is 18.2 Å². The Morgan fingerprint density at radius 1 is 1.30 bits per heavy atom. The summed E-state index contributed by atoms with van der Waals surface area (Å²) in [6.45, 7) is 3.23. The second kappa shape index (κ2) is 9.46. The predicted molar refractivity (Wildman–Crippen MR) is 104 cm³/mol. The van der Waals surface area contributed by atoms with Gasteiger partial charge < -0.3 is 10.2 Å². The highest BCUT2D eigenvalue weighted by atomic mass is 19.1. The number of carbonyl (C=O) groups excluding carboxylic acids is 1. The molecule has 0 unspecified atom stereocenters. The van der Waals surface area contributed by atoms with Crippen molar-refractivity contribution < 1.29 is 9.18 Å². The van der Waals surface area contributed by atoms with Crippen LogP contribution in [0.25, 0.3) is 0 Å². The summed E-state index contributed by atoms with van der Waals surface area (Å²) in [6.07, 6.45) is 4.54. The van der Waals surface area contributed by atoms with Crippen LogP contribution in [0.1, 0.15) is 24.1 Å². The third-order valence-electron chi connectivity index (χ3n) is 4.93. The number of piperidine rings is 1. The summed E-state index contributed by atoms with van der Waals surface area (Å²) in [5, 5.41) is 3.14. The van der Waals surface area contributed by atoms with Gasteiger partial charge in [0.2, 0.25) is 0 Å². The summed E-state index contributed by atoms with van der Waals surface area (Å²) in [7, 11) is 1.82. The molecule has 2 heterocycles. The molecule has 0 radical (unpaired) electrons. The zero-order valence-electron chi connectivity index (χ0n) is 15.8. The normalized spacial score (nSPS) is 17.5. The molecule has 144 valence electrons. The number of rotatable bonds is 6. The standard InChI is InChI=1S/C21H27FN4O/c1-25(14-11-19-5-2-3-12-23-19)21(27)24-20-6-4-13-26(16-20)15-17-7-9-18(22)10-8-17/h2-3,5,7-10,12,20H,4,6,11,13-16H2,1H3,(H,24,27)/t20-/m0/s1. The SMILES string of the molecule is CN(CCc1ccccn1)C(=O)N[C@H]1CCCN(Cc2ccc(F)cc2)C1. The van der Waals surface area contributed by atoms with E-state index in [1.54, 1.807) is 11.1 Å². The smallest absolute Gasteiger partial charge is 0.317 e. The van der Waals surface area contributed by atoms with Gasteiger partial charge in [0.15, 0.2) is 0 Å². The molecule has 1 aliphatic heterocycles. The van der Waals surface area contributed by atoms with E-state index in [9.17, 15) is 9.18 Å². The van der Waals surface area contributed by atoms with Gasteiger partial charge in [0.05, 0.1) is 0 Å². The molecule has 0 bridgehead atoms. The van der Waals surface area contributed by atoms with E-state index in [1.165, 1.54) is 12.1 Å². The van der Waals surface area contributed by atoms with E-state index in [2.05, 4.69) is 15.2 Å². The lowest BCUT2D eigenvalue weighted by atomic mass is 10.0. The molecule has 1 aromatic carbocycles. The van der Waals surface area contributed by atoms with Crippen LogP contribution in [0.2, 0.25) is 0 Å².